The Hall–Kier alpha value is -2.59. The molecule has 1 N–H and O–H groups in total. The molecule has 27 heavy (non-hydrogen) atoms. The highest BCUT2D eigenvalue weighted by Crippen LogP contribution is 2.29. The van der Waals surface area contributed by atoms with Crippen LogP contribution in [0.2, 0.25) is 0 Å². The van der Waals surface area contributed by atoms with Gasteiger partial charge in [0.05, 0.1) is 7.11 Å². The van der Waals surface area contributed by atoms with Crippen LogP contribution in [0.1, 0.15) is 5.56 Å². The van der Waals surface area contributed by atoms with Crippen molar-refractivity contribution in [2.45, 2.75) is 23.7 Å². The number of hydrogen-bond donors (Lipinski definition) is 1. The summed E-state index contributed by atoms with van der Waals surface area (Å²) < 4.78 is 73.2. The average molecular weight is 403 g/mol. The van der Waals surface area contributed by atoms with E-state index in [1.807, 2.05) is 0 Å². The molecule has 10 heteroatoms. The third-order valence-corrected chi connectivity index (χ3v) is 4.94. The van der Waals surface area contributed by atoms with Crippen molar-refractivity contribution in [3.05, 3.63) is 60.2 Å². The first kappa shape index (κ1) is 20.7. The molecule has 0 aliphatic rings. The van der Waals surface area contributed by atoms with Crippen molar-refractivity contribution < 1.29 is 35.9 Å². The fourth-order valence-corrected chi connectivity index (χ4v) is 3.61. The van der Waals surface area contributed by atoms with Crippen LogP contribution >= 0.6 is 0 Å². The second-order valence-corrected chi connectivity index (χ2v) is 7.06. The fraction of sp³-hybridized carbons (Fsp3) is 0.235. The Morgan fingerprint density at radius 2 is 1.67 bits per heavy atom. The Morgan fingerprint density at radius 1 is 1.07 bits per heavy atom. The molecule has 2 aromatic rings. The Labute approximate surface area is 154 Å². The first-order valence-electron chi connectivity index (χ1n) is 7.61. The second-order valence-electron chi connectivity index (χ2n) is 5.38. The largest absolute Gasteiger partial charge is 0.573 e. The maximum atomic E-state index is 12.6. The van der Waals surface area contributed by atoms with Gasteiger partial charge in [0.1, 0.15) is 16.7 Å². The maximum Gasteiger partial charge on any atom is 0.573 e. The molecule has 0 aromatic heterocycles. The normalized spacial score (nSPS) is 13.0. The number of benzene rings is 2. The Bertz CT molecular complexity index is 885. The van der Waals surface area contributed by atoms with Gasteiger partial charge in [0.2, 0.25) is 10.0 Å². The highest BCUT2D eigenvalue weighted by atomic mass is 32.2. The molecule has 0 heterocycles. The number of para-hydroxylation sites is 1. The van der Waals surface area contributed by atoms with Gasteiger partial charge in [-0.25, -0.2) is 8.42 Å². The van der Waals surface area contributed by atoms with Crippen molar-refractivity contribution in [2.24, 2.45) is 0 Å². The first-order chi connectivity index (χ1) is 12.6. The number of halogens is 3. The van der Waals surface area contributed by atoms with E-state index in [4.69, 9.17) is 0 Å². The number of carbonyl (C=O) groups excluding carboxylic acids is 1. The van der Waals surface area contributed by atoms with Gasteiger partial charge in [0.25, 0.3) is 0 Å². The lowest BCUT2D eigenvalue weighted by Crippen LogP contribution is -2.43. The molecule has 1 unspecified atom stereocenters. The zero-order valence-electron chi connectivity index (χ0n) is 14.1. The van der Waals surface area contributed by atoms with Crippen LogP contribution in [0.3, 0.4) is 0 Å². The predicted octanol–water partition coefficient (Wildman–Crippen LogP) is 2.65. The number of alkyl halides is 3. The van der Waals surface area contributed by atoms with Gasteiger partial charge in [-0.3, -0.25) is 4.79 Å². The van der Waals surface area contributed by atoms with Crippen molar-refractivity contribution in [2.75, 3.05) is 7.11 Å². The molecular formula is C17H16F3NO5S. The van der Waals surface area contributed by atoms with Crippen molar-refractivity contribution in [1.29, 1.82) is 0 Å². The molecule has 0 amide bonds. The van der Waals surface area contributed by atoms with Crippen molar-refractivity contribution in [3.8, 4) is 5.75 Å². The van der Waals surface area contributed by atoms with E-state index in [-0.39, 0.29) is 6.42 Å². The minimum atomic E-state index is -5.07. The summed E-state index contributed by atoms with van der Waals surface area (Å²) in [6.45, 7) is 0. The molecule has 6 nitrogen and oxygen atoms in total. The molecule has 1 atom stereocenters. The summed E-state index contributed by atoms with van der Waals surface area (Å²) in [6.07, 6.45) is -5.12. The van der Waals surface area contributed by atoms with Gasteiger partial charge in [-0.05, 0) is 24.1 Å². The van der Waals surface area contributed by atoms with Crippen LogP contribution in [0.15, 0.2) is 59.5 Å². The number of esters is 1. The van der Waals surface area contributed by atoms with Gasteiger partial charge < -0.3 is 9.47 Å². The van der Waals surface area contributed by atoms with Crippen LogP contribution in [0.5, 0.6) is 5.75 Å². The number of hydrogen-bond acceptors (Lipinski definition) is 5. The van der Waals surface area contributed by atoms with E-state index in [2.05, 4.69) is 14.2 Å². The molecule has 0 aliphatic heterocycles. The zero-order valence-corrected chi connectivity index (χ0v) is 14.9. The van der Waals surface area contributed by atoms with Gasteiger partial charge in [-0.15, -0.1) is 13.2 Å². The lowest BCUT2D eigenvalue weighted by atomic mass is 10.1. The van der Waals surface area contributed by atoms with Gasteiger partial charge in [0, 0.05) is 0 Å². The molecule has 0 radical (unpaired) electrons. The van der Waals surface area contributed by atoms with E-state index in [0.717, 1.165) is 19.2 Å². The molecule has 0 fully saturated rings. The first-order valence-corrected chi connectivity index (χ1v) is 9.09. The van der Waals surface area contributed by atoms with E-state index < -0.39 is 39.0 Å². The minimum Gasteiger partial charge on any atom is -0.468 e. The number of carbonyl (C=O) groups is 1. The van der Waals surface area contributed by atoms with E-state index in [0.29, 0.717) is 5.56 Å². The number of methoxy groups -OCH3 is 1. The topological polar surface area (TPSA) is 81.7 Å². The molecule has 2 aromatic carbocycles. The predicted molar refractivity (Wildman–Crippen MR) is 89.4 cm³/mol. The SMILES string of the molecule is COC(=O)C(Cc1ccccc1)NS(=O)(=O)c1ccccc1OC(F)(F)F. The average Bonchev–Trinajstić information content (AvgIpc) is 2.60. The van der Waals surface area contributed by atoms with Gasteiger partial charge in [-0.1, -0.05) is 42.5 Å². The summed E-state index contributed by atoms with van der Waals surface area (Å²) >= 11 is 0. The van der Waals surface area contributed by atoms with E-state index >= 15 is 0 Å². The van der Waals surface area contributed by atoms with Gasteiger partial charge >= 0.3 is 12.3 Å². The lowest BCUT2D eigenvalue weighted by Gasteiger charge is -2.18. The summed E-state index contributed by atoms with van der Waals surface area (Å²) in [6, 6.07) is 11.4. The zero-order chi connectivity index (χ0) is 20.1. The fourth-order valence-electron chi connectivity index (χ4n) is 2.30. The quantitative estimate of drug-likeness (QED) is 0.719. The summed E-state index contributed by atoms with van der Waals surface area (Å²) in [7, 11) is -3.43. The standard InChI is InChI=1S/C17H16F3NO5S/c1-25-16(22)13(11-12-7-3-2-4-8-12)21-27(23,24)15-10-6-5-9-14(15)26-17(18,19)20/h2-10,13,21H,11H2,1H3. The number of rotatable bonds is 7. The molecular weight excluding hydrogens is 387 g/mol. The van der Waals surface area contributed by atoms with Crippen molar-refractivity contribution >= 4 is 16.0 Å². The molecule has 146 valence electrons. The van der Waals surface area contributed by atoms with Crippen LogP contribution in [-0.4, -0.2) is 33.9 Å². The Kier molecular flexibility index (Phi) is 6.45. The monoisotopic (exact) mass is 403 g/mol. The molecule has 0 spiro atoms. The lowest BCUT2D eigenvalue weighted by molar-refractivity contribution is -0.275. The van der Waals surface area contributed by atoms with Crippen LogP contribution in [-0.2, 0) is 26.0 Å². The van der Waals surface area contributed by atoms with Crippen LogP contribution in [0.4, 0.5) is 13.2 Å². The van der Waals surface area contributed by atoms with E-state index in [1.165, 1.54) is 12.1 Å². The van der Waals surface area contributed by atoms with Gasteiger partial charge in [0.15, 0.2) is 0 Å². The molecule has 0 saturated heterocycles. The number of ether oxygens (including phenoxy) is 2. The molecule has 0 aliphatic carbocycles. The van der Waals surface area contributed by atoms with Crippen LogP contribution in [0.25, 0.3) is 0 Å². The minimum absolute atomic E-state index is 0.0466. The summed E-state index contributed by atoms with van der Waals surface area (Å²) in [5, 5.41) is 0. The highest BCUT2D eigenvalue weighted by Gasteiger charge is 2.35. The summed E-state index contributed by atoms with van der Waals surface area (Å²) in [4.78, 5) is 11.2. The third-order valence-electron chi connectivity index (χ3n) is 3.43. The number of nitrogens with one attached hydrogen (secondary N) is 1. The Balaban J connectivity index is 2.33. The molecule has 2 rings (SSSR count). The van der Waals surface area contributed by atoms with E-state index in [1.54, 1.807) is 30.3 Å². The summed E-state index contributed by atoms with van der Waals surface area (Å²) in [5.74, 6) is -1.78. The van der Waals surface area contributed by atoms with Crippen molar-refractivity contribution in [3.63, 3.8) is 0 Å². The van der Waals surface area contributed by atoms with Crippen molar-refractivity contribution in [1.82, 2.24) is 4.72 Å². The second kappa shape index (κ2) is 8.40. The van der Waals surface area contributed by atoms with Crippen LogP contribution < -0.4 is 9.46 Å². The molecule has 0 bridgehead atoms. The van der Waals surface area contributed by atoms with Crippen LogP contribution in [0, 0.1) is 0 Å². The smallest absolute Gasteiger partial charge is 0.468 e. The third kappa shape index (κ3) is 5.97. The highest BCUT2D eigenvalue weighted by molar-refractivity contribution is 7.89. The summed E-state index contributed by atoms with van der Waals surface area (Å²) in [5.41, 5.74) is 0.635. The molecule has 0 saturated carbocycles. The Morgan fingerprint density at radius 3 is 2.26 bits per heavy atom. The van der Waals surface area contributed by atoms with Gasteiger partial charge in [-0.2, -0.15) is 4.72 Å². The maximum absolute atomic E-state index is 12.6. The van der Waals surface area contributed by atoms with E-state index in [9.17, 15) is 26.4 Å². The number of sulfonamides is 1.